The van der Waals surface area contributed by atoms with Crippen LogP contribution in [0.15, 0.2) is 23.1 Å². The number of halogens is 2. The Morgan fingerprint density at radius 2 is 2.28 bits per heavy atom. The molecule has 0 spiro atoms. The van der Waals surface area contributed by atoms with Crippen molar-refractivity contribution < 1.29 is 23.9 Å². The third-order valence-corrected chi connectivity index (χ3v) is 3.66. The molecule has 1 saturated heterocycles. The smallest absolute Gasteiger partial charge is 0.341 e. The van der Waals surface area contributed by atoms with Gasteiger partial charge in [-0.25, -0.2) is 9.18 Å². The molecule has 0 saturated carbocycles. The van der Waals surface area contributed by atoms with Crippen molar-refractivity contribution in [2.45, 2.75) is 26.4 Å². The van der Waals surface area contributed by atoms with Crippen LogP contribution < -0.4 is 15.6 Å². The Morgan fingerprint density at radius 1 is 1.56 bits per heavy atom. The molecule has 25 heavy (non-hydrogen) atoms. The first-order valence-corrected chi connectivity index (χ1v) is 7.19. The van der Waals surface area contributed by atoms with Crippen molar-refractivity contribution in [1.29, 1.82) is 0 Å². The van der Waals surface area contributed by atoms with E-state index in [9.17, 15) is 14.7 Å². The number of benzene rings is 1. The number of fused-ring (bicyclic) bond motifs is 1. The molecule has 8 heteroatoms. The van der Waals surface area contributed by atoms with Crippen LogP contribution in [0.5, 0.6) is 0 Å². The van der Waals surface area contributed by atoms with Gasteiger partial charge in [0.05, 0.1) is 16.7 Å². The van der Waals surface area contributed by atoms with Crippen molar-refractivity contribution >= 4 is 35.0 Å². The minimum Gasteiger partial charge on any atom is -0.477 e. The molecule has 1 aliphatic heterocycles. The predicted octanol–water partition coefficient (Wildman–Crippen LogP) is 2.08. The number of carbonyl (C=O) groups is 1. The summed E-state index contributed by atoms with van der Waals surface area (Å²) in [5.41, 5.74) is -2.27. The van der Waals surface area contributed by atoms with E-state index < -0.39 is 54.0 Å². The summed E-state index contributed by atoms with van der Waals surface area (Å²) in [6, 6.07) is -0.744. The molecule has 0 amide bonds. The van der Waals surface area contributed by atoms with Gasteiger partial charge in [-0.2, -0.15) is 0 Å². The highest BCUT2D eigenvalue weighted by Crippen LogP contribution is 2.26. The Morgan fingerprint density at radius 3 is 2.92 bits per heavy atom. The van der Waals surface area contributed by atoms with Gasteiger partial charge in [-0.15, -0.1) is 12.4 Å². The predicted molar refractivity (Wildman–Crippen MR) is 97.7 cm³/mol. The van der Waals surface area contributed by atoms with Crippen molar-refractivity contribution in [2.24, 2.45) is 0 Å². The molecule has 2 N–H and O–H groups in total. The molecule has 1 unspecified atom stereocenters. The van der Waals surface area contributed by atoms with E-state index in [4.69, 9.17) is 9.60 Å². The van der Waals surface area contributed by atoms with Gasteiger partial charge in [-0.3, -0.25) is 4.79 Å². The zero-order valence-corrected chi connectivity index (χ0v) is 14.2. The molecule has 0 radical (unpaired) electrons. The first-order chi connectivity index (χ1) is 14.0. The number of nitrogens with zero attached hydrogens (tertiary/aromatic N) is 2. The molecule has 3 rings (SSSR count). The van der Waals surface area contributed by atoms with Gasteiger partial charge in [0.2, 0.25) is 5.43 Å². The monoisotopic (exact) mass is 376 g/mol. The van der Waals surface area contributed by atoms with Gasteiger partial charge in [0, 0.05) is 47.7 Å². The molecule has 1 atom stereocenters. The van der Waals surface area contributed by atoms with Gasteiger partial charge >= 0.3 is 5.97 Å². The lowest BCUT2D eigenvalue weighted by atomic mass is 10.1. The topological polar surface area (TPSA) is 74.6 Å². The van der Waals surface area contributed by atoms with Gasteiger partial charge in [-0.05, 0) is 26.0 Å². The Hall–Kier alpha value is -2.12. The molecule has 1 fully saturated rings. The second kappa shape index (κ2) is 7.41. The fraction of sp³-hybridized carbons (Fsp3) is 0.412. The summed E-state index contributed by atoms with van der Waals surface area (Å²) in [7, 11) is 0. The van der Waals surface area contributed by atoms with E-state index in [0.29, 0.717) is 6.07 Å². The minimum atomic E-state index is -3.15. The zero-order valence-electron chi connectivity index (χ0n) is 20.4. The van der Waals surface area contributed by atoms with Gasteiger partial charge in [0.25, 0.3) is 0 Å². The van der Waals surface area contributed by atoms with Crippen molar-refractivity contribution in [3.8, 4) is 0 Å². The van der Waals surface area contributed by atoms with E-state index in [1.165, 1.54) is 4.57 Å². The zero-order chi connectivity index (χ0) is 23.7. The summed E-state index contributed by atoms with van der Waals surface area (Å²) >= 11 is 0. The lowest BCUT2D eigenvalue weighted by Crippen LogP contribution is -2.49. The van der Waals surface area contributed by atoms with Crippen LogP contribution >= 0.6 is 12.4 Å². The maximum Gasteiger partial charge on any atom is 0.341 e. The van der Waals surface area contributed by atoms with Crippen LogP contribution in [-0.4, -0.2) is 41.2 Å². The molecule has 1 aromatic carbocycles. The molecule has 6 nitrogen and oxygen atoms in total. The van der Waals surface area contributed by atoms with Crippen LogP contribution in [-0.2, 0) is 6.54 Å². The summed E-state index contributed by atoms with van der Waals surface area (Å²) in [5, 5.41) is 10.9. The molecule has 0 bridgehead atoms. The summed E-state index contributed by atoms with van der Waals surface area (Å²) in [6.45, 7) is -6.26. The lowest BCUT2D eigenvalue weighted by molar-refractivity contribution is 0.0695. The normalized spacial score (nSPS) is 30.5. The Bertz CT molecular complexity index is 1130. The van der Waals surface area contributed by atoms with Gasteiger partial charge < -0.3 is 19.9 Å². The number of carboxylic acids is 1. The third-order valence-electron chi connectivity index (χ3n) is 3.66. The fourth-order valence-electron chi connectivity index (χ4n) is 2.51. The number of hydrogen-bond acceptors (Lipinski definition) is 4. The number of aromatic carboxylic acids is 1. The molecule has 1 aromatic heterocycles. The maximum atomic E-state index is 15.2. The van der Waals surface area contributed by atoms with Gasteiger partial charge in [-0.1, -0.05) is 0 Å². The number of carboxylic acid groups (broad SMARTS) is 1. The molecule has 0 aliphatic carbocycles. The lowest BCUT2D eigenvalue weighted by Gasteiger charge is -2.34. The number of anilines is 1. The fourth-order valence-corrected chi connectivity index (χ4v) is 2.51. The van der Waals surface area contributed by atoms with Crippen LogP contribution in [0.3, 0.4) is 0 Å². The average Bonchev–Trinajstić information content (AvgIpc) is 2.60. The van der Waals surface area contributed by atoms with Gasteiger partial charge in [0.15, 0.2) is 0 Å². The van der Waals surface area contributed by atoms with Crippen LogP contribution in [0.1, 0.15) is 33.8 Å². The second-order valence-corrected chi connectivity index (χ2v) is 5.22. The largest absolute Gasteiger partial charge is 0.477 e. The molecule has 2 aromatic rings. The standard InChI is InChI=1S/C17H20FN3O3.ClH/c1-3-20-9-12(17(23)24)16(22)11-6-13(18)15(7-14(11)20)21-5-4-19-10(2)8-21;/h6-7,9-10,19H,3-5,8H2,1-2H3,(H,23,24);1H/i4D2,5D2,8D2,10D;. The number of aromatic nitrogens is 1. The number of aryl methyl sites for hydroxylation is 1. The summed E-state index contributed by atoms with van der Waals surface area (Å²) in [4.78, 5) is 24.1. The highest BCUT2D eigenvalue weighted by molar-refractivity contribution is 5.93. The first-order valence-electron chi connectivity index (χ1n) is 10.7. The van der Waals surface area contributed by atoms with Crippen LogP contribution in [0, 0.1) is 5.82 Å². The van der Waals surface area contributed by atoms with Crippen LogP contribution in [0.4, 0.5) is 10.1 Å². The maximum absolute atomic E-state index is 15.2. The first kappa shape index (κ1) is 11.5. The van der Waals surface area contributed by atoms with Crippen molar-refractivity contribution in [2.75, 3.05) is 24.4 Å². The van der Waals surface area contributed by atoms with Gasteiger partial charge in [0.1, 0.15) is 11.4 Å². The molecule has 2 heterocycles. The van der Waals surface area contributed by atoms with Crippen LogP contribution in [0.2, 0.25) is 0 Å². The number of hydrogen-bond donors (Lipinski definition) is 2. The average molecular weight is 377 g/mol. The van der Waals surface area contributed by atoms with E-state index in [-0.39, 0.29) is 34.8 Å². The van der Waals surface area contributed by atoms with Crippen LogP contribution in [0.25, 0.3) is 10.9 Å². The third kappa shape index (κ3) is 3.48. The summed E-state index contributed by atoms with van der Waals surface area (Å²) < 4.78 is 73.7. The van der Waals surface area contributed by atoms with Crippen molar-refractivity contribution in [3.63, 3.8) is 0 Å². The molecule has 1 aliphatic rings. The molecular weight excluding hydrogens is 349 g/mol. The van der Waals surface area contributed by atoms with E-state index in [2.05, 4.69) is 0 Å². The highest BCUT2D eigenvalue weighted by Gasteiger charge is 2.22. The molecular formula is C17H21ClFN3O3. The van der Waals surface area contributed by atoms with E-state index in [0.717, 1.165) is 19.2 Å². The van der Waals surface area contributed by atoms with Crippen molar-refractivity contribution in [3.05, 3.63) is 39.9 Å². The van der Waals surface area contributed by atoms with Crippen molar-refractivity contribution in [1.82, 2.24) is 9.88 Å². The van der Waals surface area contributed by atoms with E-state index in [1.54, 1.807) is 6.92 Å². The van der Waals surface area contributed by atoms with E-state index in [1.807, 2.05) is 5.32 Å². The summed E-state index contributed by atoms with van der Waals surface area (Å²) in [6.07, 6.45) is 1.05. The SMILES string of the molecule is Cl.[2H]C1([2H])NC([2H])(C)C([2H])([2H])N(c2cc3c(cc2F)c(=O)c(C(=O)O)cn3CC)C1([2H])[2H]. The quantitative estimate of drug-likeness (QED) is 0.857. The molecule has 136 valence electrons. The number of pyridine rings is 1. The second-order valence-electron chi connectivity index (χ2n) is 5.22. The number of rotatable bonds is 3. The number of piperazine rings is 1. The Kier molecular flexibility index (Phi) is 3.40. The Labute approximate surface area is 160 Å². The van der Waals surface area contributed by atoms with E-state index >= 15 is 4.39 Å². The Balaban J connectivity index is 0.00000363. The number of nitrogens with one attached hydrogen (secondary N) is 1. The highest BCUT2D eigenvalue weighted by atomic mass is 35.5. The summed E-state index contributed by atoms with van der Waals surface area (Å²) in [5.74, 6) is -2.78. The minimum absolute atomic E-state index is 0.